The smallest absolute Gasteiger partial charge is 0.320 e. The molecule has 1 saturated heterocycles. The lowest BCUT2D eigenvalue weighted by molar-refractivity contribution is -0.266. The van der Waals surface area contributed by atoms with E-state index < -0.39 is 6.11 Å². The number of hydrogen-bond donors (Lipinski definition) is 0. The maximum atomic E-state index is 12.2. The summed E-state index contributed by atoms with van der Waals surface area (Å²) in [5, 5.41) is 0. The number of rotatable bonds is 0. The second-order valence-corrected chi connectivity index (χ2v) is 2.58. The van der Waals surface area contributed by atoms with Crippen LogP contribution in [0.25, 0.3) is 0 Å². The molecule has 9 heavy (non-hydrogen) atoms. The van der Waals surface area contributed by atoms with E-state index in [4.69, 9.17) is 0 Å². The Labute approximate surface area is 53.0 Å². The summed E-state index contributed by atoms with van der Waals surface area (Å²) in [5.41, 5.74) is 0. The molecular weight excluding hydrogens is 126 g/mol. The van der Waals surface area contributed by atoms with Crippen molar-refractivity contribution >= 4 is 0 Å². The van der Waals surface area contributed by atoms with Crippen LogP contribution >= 0.6 is 0 Å². The normalized spacial score (nSPS) is 34.3. The molecule has 1 fully saturated rings. The molecule has 0 radical (unpaired) electrons. The van der Waals surface area contributed by atoms with Crippen LogP contribution in [0.3, 0.4) is 0 Å². The third-order valence-electron chi connectivity index (χ3n) is 1.51. The Morgan fingerprint density at radius 3 is 2.56 bits per heavy atom. The third-order valence-corrected chi connectivity index (χ3v) is 1.51. The predicted molar refractivity (Wildman–Crippen MR) is 29.3 cm³/mol. The molecular formula is C6H10F2O. The highest BCUT2D eigenvalue weighted by atomic mass is 19.3. The van der Waals surface area contributed by atoms with Crippen LogP contribution in [0.5, 0.6) is 0 Å². The first-order valence-electron chi connectivity index (χ1n) is 3.12. The van der Waals surface area contributed by atoms with Crippen LogP contribution < -0.4 is 0 Å². The van der Waals surface area contributed by atoms with Crippen molar-refractivity contribution in [1.29, 1.82) is 0 Å². The summed E-state index contributed by atoms with van der Waals surface area (Å²) in [5.74, 6) is 0.105. The van der Waals surface area contributed by atoms with E-state index in [0.29, 0.717) is 0 Å². The molecule has 0 unspecified atom stereocenters. The highest BCUT2D eigenvalue weighted by Crippen LogP contribution is 2.30. The van der Waals surface area contributed by atoms with E-state index in [-0.39, 0.29) is 18.9 Å². The molecule has 1 nitrogen and oxygen atoms in total. The summed E-state index contributed by atoms with van der Waals surface area (Å²) in [6.07, 6.45) is -2.21. The Morgan fingerprint density at radius 2 is 2.22 bits per heavy atom. The van der Waals surface area contributed by atoms with Gasteiger partial charge in [-0.3, -0.25) is 0 Å². The van der Waals surface area contributed by atoms with Crippen molar-refractivity contribution in [2.45, 2.75) is 25.9 Å². The molecule has 1 rings (SSSR count). The molecule has 1 aliphatic rings. The SMILES string of the molecule is C[C@@H]1CCOC(F)(F)C1. The van der Waals surface area contributed by atoms with Gasteiger partial charge >= 0.3 is 6.11 Å². The Bertz CT molecular complexity index is 103. The molecule has 0 amide bonds. The van der Waals surface area contributed by atoms with Gasteiger partial charge < -0.3 is 4.74 Å². The average Bonchev–Trinajstić information content (AvgIpc) is 1.60. The van der Waals surface area contributed by atoms with E-state index in [1.54, 1.807) is 0 Å². The summed E-state index contributed by atoms with van der Waals surface area (Å²) < 4.78 is 28.7. The average molecular weight is 136 g/mol. The van der Waals surface area contributed by atoms with Crippen LogP contribution in [0.1, 0.15) is 19.8 Å². The van der Waals surface area contributed by atoms with Gasteiger partial charge in [-0.15, -0.1) is 0 Å². The second kappa shape index (κ2) is 2.21. The van der Waals surface area contributed by atoms with Gasteiger partial charge in [0, 0.05) is 6.42 Å². The fraction of sp³-hybridized carbons (Fsp3) is 1.00. The van der Waals surface area contributed by atoms with E-state index >= 15 is 0 Å². The first-order valence-corrected chi connectivity index (χ1v) is 3.12. The largest absolute Gasteiger partial charge is 0.355 e. The Morgan fingerprint density at radius 1 is 1.56 bits per heavy atom. The lowest BCUT2D eigenvalue weighted by atomic mass is 10.0. The molecule has 1 aliphatic heterocycles. The monoisotopic (exact) mass is 136 g/mol. The van der Waals surface area contributed by atoms with Gasteiger partial charge in [-0.2, -0.15) is 8.78 Å². The zero-order valence-corrected chi connectivity index (χ0v) is 5.36. The van der Waals surface area contributed by atoms with Crippen LogP contribution in [-0.2, 0) is 4.74 Å². The van der Waals surface area contributed by atoms with E-state index in [1.165, 1.54) is 0 Å². The Balaban J connectivity index is 2.41. The molecule has 0 bridgehead atoms. The van der Waals surface area contributed by atoms with Crippen molar-refractivity contribution in [3.63, 3.8) is 0 Å². The summed E-state index contributed by atoms with van der Waals surface area (Å²) in [6, 6.07) is 0. The zero-order valence-electron chi connectivity index (χ0n) is 5.36. The first-order chi connectivity index (χ1) is 4.10. The molecule has 0 aromatic heterocycles. The van der Waals surface area contributed by atoms with E-state index in [2.05, 4.69) is 4.74 Å². The number of alkyl halides is 2. The second-order valence-electron chi connectivity index (χ2n) is 2.58. The maximum Gasteiger partial charge on any atom is 0.355 e. The van der Waals surface area contributed by atoms with Crippen LogP contribution in [0, 0.1) is 5.92 Å². The van der Waals surface area contributed by atoms with Crippen molar-refractivity contribution in [3.05, 3.63) is 0 Å². The topological polar surface area (TPSA) is 9.23 Å². The van der Waals surface area contributed by atoms with Crippen molar-refractivity contribution < 1.29 is 13.5 Å². The fourth-order valence-electron chi connectivity index (χ4n) is 0.976. The molecule has 0 N–H and O–H groups in total. The quantitative estimate of drug-likeness (QED) is 0.495. The van der Waals surface area contributed by atoms with Crippen molar-refractivity contribution in [3.8, 4) is 0 Å². The minimum Gasteiger partial charge on any atom is -0.320 e. The standard InChI is InChI=1S/C6H10F2O/c1-5-2-3-9-6(7,8)4-5/h5H,2-4H2,1H3/t5-/m1/s1. The lowest BCUT2D eigenvalue weighted by Crippen LogP contribution is -2.30. The molecule has 0 spiro atoms. The van der Waals surface area contributed by atoms with Gasteiger partial charge in [0.1, 0.15) is 0 Å². The fourth-order valence-corrected chi connectivity index (χ4v) is 0.976. The molecule has 0 aromatic carbocycles. The van der Waals surface area contributed by atoms with Gasteiger partial charge in [-0.05, 0) is 12.3 Å². The van der Waals surface area contributed by atoms with Crippen LogP contribution in [0.2, 0.25) is 0 Å². The number of ether oxygens (including phenoxy) is 1. The van der Waals surface area contributed by atoms with Gasteiger partial charge in [-0.25, -0.2) is 0 Å². The molecule has 1 heterocycles. The summed E-state index contributed by atoms with van der Waals surface area (Å²) in [4.78, 5) is 0. The van der Waals surface area contributed by atoms with Crippen molar-refractivity contribution in [2.24, 2.45) is 5.92 Å². The van der Waals surface area contributed by atoms with Crippen molar-refractivity contribution in [2.75, 3.05) is 6.61 Å². The Kier molecular flexibility index (Phi) is 1.70. The molecule has 3 heteroatoms. The van der Waals surface area contributed by atoms with Gasteiger partial charge in [0.25, 0.3) is 0 Å². The lowest BCUT2D eigenvalue weighted by Gasteiger charge is -2.26. The van der Waals surface area contributed by atoms with Crippen LogP contribution in [0.4, 0.5) is 8.78 Å². The zero-order chi connectivity index (χ0) is 6.91. The minimum atomic E-state index is -2.85. The number of halogens is 2. The van der Waals surface area contributed by atoms with E-state index in [0.717, 1.165) is 6.42 Å². The predicted octanol–water partition coefficient (Wildman–Crippen LogP) is 2.03. The van der Waals surface area contributed by atoms with Gasteiger partial charge in [-0.1, -0.05) is 6.92 Å². The molecule has 0 aromatic rings. The molecule has 1 atom stereocenters. The Hall–Kier alpha value is -0.180. The first kappa shape index (κ1) is 6.93. The molecule has 0 saturated carbocycles. The minimum absolute atomic E-state index is 0.105. The number of hydrogen-bond acceptors (Lipinski definition) is 1. The molecule has 0 aliphatic carbocycles. The summed E-state index contributed by atoms with van der Waals surface area (Å²) >= 11 is 0. The third kappa shape index (κ3) is 1.90. The van der Waals surface area contributed by atoms with Crippen LogP contribution in [0.15, 0.2) is 0 Å². The van der Waals surface area contributed by atoms with E-state index in [9.17, 15) is 8.78 Å². The van der Waals surface area contributed by atoms with E-state index in [1.807, 2.05) is 6.92 Å². The maximum absolute atomic E-state index is 12.2. The molecule has 54 valence electrons. The van der Waals surface area contributed by atoms with Crippen LogP contribution in [-0.4, -0.2) is 12.7 Å². The van der Waals surface area contributed by atoms with Gasteiger partial charge in [0.2, 0.25) is 0 Å². The highest BCUT2D eigenvalue weighted by Gasteiger charge is 2.35. The van der Waals surface area contributed by atoms with Gasteiger partial charge in [0.05, 0.1) is 6.61 Å². The summed E-state index contributed by atoms with van der Waals surface area (Å²) in [7, 11) is 0. The van der Waals surface area contributed by atoms with Crippen molar-refractivity contribution in [1.82, 2.24) is 0 Å². The summed E-state index contributed by atoms with van der Waals surface area (Å²) in [6.45, 7) is 2.02. The van der Waals surface area contributed by atoms with Gasteiger partial charge in [0.15, 0.2) is 0 Å². The highest BCUT2D eigenvalue weighted by molar-refractivity contribution is 4.65.